The minimum absolute atomic E-state index is 0.0413. The fourth-order valence-electron chi connectivity index (χ4n) is 7.96. The lowest BCUT2D eigenvalue weighted by Gasteiger charge is -2.60. The van der Waals surface area contributed by atoms with Crippen LogP contribution in [0.25, 0.3) is 0 Å². The number of carbonyl (C=O) groups excluding carboxylic acids is 2. The van der Waals surface area contributed by atoms with Crippen molar-refractivity contribution in [2.45, 2.75) is 77.7 Å². The van der Waals surface area contributed by atoms with Crippen LogP contribution in [0.2, 0.25) is 0 Å². The van der Waals surface area contributed by atoms with Gasteiger partial charge in [-0.25, -0.2) is 4.79 Å². The van der Waals surface area contributed by atoms with Gasteiger partial charge in [-0.3, -0.25) is 4.79 Å². The molecule has 0 amide bonds. The molecular formula is C26H34O3. The maximum atomic E-state index is 12.7. The van der Waals surface area contributed by atoms with E-state index in [1.807, 2.05) is 30.3 Å². The Bertz CT molecular complexity index is 801. The van der Waals surface area contributed by atoms with Crippen LogP contribution >= 0.6 is 0 Å². The molecule has 4 aliphatic carbocycles. The van der Waals surface area contributed by atoms with Gasteiger partial charge in [-0.15, -0.1) is 0 Å². The molecule has 0 aliphatic heterocycles. The van der Waals surface area contributed by atoms with E-state index in [0.717, 1.165) is 43.9 Å². The zero-order chi connectivity index (χ0) is 20.2. The molecule has 1 aromatic rings. The van der Waals surface area contributed by atoms with Crippen molar-refractivity contribution in [3.05, 3.63) is 35.9 Å². The van der Waals surface area contributed by atoms with Crippen LogP contribution in [0.15, 0.2) is 30.3 Å². The van der Waals surface area contributed by atoms with Crippen molar-refractivity contribution in [2.24, 2.45) is 34.5 Å². The van der Waals surface area contributed by atoms with Gasteiger partial charge < -0.3 is 4.74 Å². The highest BCUT2D eigenvalue weighted by atomic mass is 16.5. The van der Waals surface area contributed by atoms with Gasteiger partial charge in [-0.05, 0) is 86.2 Å². The molecule has 0 unspecified atom stereocenters. The Hall–Kier alpha value is -1.64. The lowest BCUT2D eigenvalue weighted by molar-refractivity contribution is -0.142. The highest BCUT2D eigenvalue weighted by molar-refractivity contribution is 5.89. The van der Waals surface area contributed by atoms with E-state index in [9.17, 15) is 9.59 Å². The summed E-state index contributed by atoms with van der Waals surface area (Å²) in [6.07, 6.45) is 9.79. The van der Waals surface area contributed by atoms with E-state index in [0.29, 0.717) is 28.6 Å². The second-order valence-electron chi connectivity index (χ2n) is 10.8. The van der Waals surface area contributed by atoms with E-state index in [1.54, 1.807) is 0 Å². The van der Waals surface area contributed by atoms with Gasteiger partial charge in [-0.1, -0.05) is 32.0 Å². The van der Waals surface area contributed by atoms with Crippen molar-refractivity contribution in [1.29, 1.82) is 0 Å². The van der Waals surface area contributed by atoms with Crippen LogP contribution in [0.4, 0.5) is 0 Å². The first-order chi connectivity index (χ1) is 13.9. The number of rotatable bonds is 2. The monoisotopic (exact) mass is 394 g/mol. The molecule has 0 radical (unpaired) electrons. The van der Waals surface area contributed by atoms with Gasteiger partial charge in [0.25, 0.3) is 0 Å². The summed E-state index contributed by atoms with van der Waals surface area (Å²) in [5.41, 5.74) is 1.11. The molecule has 4 aliphatic rings. The Balaban J connectivity index is 1.34. The third kappa shape index (κ3) is 2.99. The zero-order valence-electron chi connectivity index (χ0n) is 17.9. The second kappa shape index (κ2) is 6.96. The van der Waals surface area contributed by atoms with Gasteiger partial charge in [0.1, 0.15) is 11.9 Å². The molecule has 5 rings (SSSR count). The summed E-state index contributed by atoms with van der Waals surface area (Å²) < 4.78 is 6.11. The summed E-state index contributed by atoms with van der Waals surface area (Å²) in [7, 11) is 0. The molecule has 0 bridgehead atoms. The summed E-state index contributed by atoms with van der Waals surface area (Å²) in [4.78, 5) is 24.8. The third-order valence-electron chi connectivity index (χ3n) is 9.65. The van der Waals surface area contributed by atoms with Gasteiger partial charge in [0.2, 0.25) is 0 Å². The van der Waals surface area contributed by atoms with Crippen LogP contribution in [0.1, 0.15) is 82.0 Å². The fourth-order valence-corrected chi connectivity index (χ4v) is 7.96. The first-order valence-corrected chi connectivity index (χ1v) is 11.7. The standard InChI is InChI=1S/C26H34O3/c1-25-14-12-19(27)16-18(25)8-9-20-21-10-11-23(26(21,2)15-13-22(20)25)29-24(28)17-6-4-3-5-7-17/h3-7,18,20-23H,8-16H2,1-2H3/t18-,20+,21+,22+,23+,25-,26+/m0/s1. The summed E-state index contributed by atoms with van der Waals surface area (Å²) >= 11 is 0. The molecule has 0 aromatic heterocycles. The lowest BCUT2D eigenvalue weighted by Crippen LogP contribution is -2.54. The van der Waals surface area contributed by atoms with E-state index in [2.05, 4.69) is 13.8 Å². The molecule has 3 nitrogen and oxygen atoms in total. The molecule has 3 heteroatoms. The Kier molecular flexibility index (Phi) is 4.64. The van der Waals surface area contributed by atoms with Crippen LogP contribution < -0.4 is 0 Å². The molecule has 0 heterocycles. The van der Waals surface area contributed by atoms with Crippen LogP contribution in [0, 0.1) is 34.5 Å². The molecule has 0 spiro atoms. The molecule has 29 heavy (non-hydrogen) atoms. The summed E-state index contributed by atoms with van der Waals surface area (Å²) in [6, 6.07) is 9.42. The normalized spacial score (nSPS) is 43.8. The number of esters is 1. The number of Topliss-reactive ketones (excluding diaryl/α,β-unsaturated/α-hetero) is 1. The van der Waals surface area contributed by atoms with Gasteiger partial charge in [0.05, 0.1) is 5.56 Å². The van der Waals surface area contributed by atoms with Crippen molar-refractivity contribution in [3.63, 3.8) is 0 Å². The number of benzene rings is 1. The SMILES string of the molecule is C[C@]12CCC(=O)C[C@@H]1CC[C@H]1[C@H]2CC[C@]2(C)[C@@H]1CC[C@H]2OC(=O)c1ccccc1. The average molecular weight is 395 g/mol. The van der Waals surface area contributed by atoms with E-state index in [-0.39, 0.29) is 17.5 Å². The van der Waals surface area contributed by atoms with E-state index < -0.39 is 0 Å². The summed E-state index contributed by atoms with van der Waals surface area (Å²) in [5.74, 6) is 3.06. The van der Waals surface area contributed by atoms with Crippen LogP contribution in [0.3, 0.4) is 0 Å². The van der Waals surface area contributed by atoms with Gasteiger partial charge in [0, 0.05) is 18.3 Å². The van der Waals surface area contributed by atoms with Crippen molar-refractivity contribution in [2.75, 3.05) is 0 Å². The largest absolute Gasteiger partial charge is 0.458 e. The summed E-state index contributed by atoms with van der Waals surface area (Å²) in [6.45, 7) is 4.88. The highest BCUT2D eigenvalue weighted by Gasteiger charge is 2.61. The predicted octanol–water partition coefficient (Wildman–Crippen LogP) is 5.82. The third-order valence-corrected chi connectivity index (χ3v) is 9.65. The Labute approximate surface area is 174 Å². The average Bonchev–Trinajstić information content (AvgIpc) is 3.05. The maximum absolute atomic E-state index is 12.7. The predicted molar refractivity (Wildman–Crippen MR) is 112 cm³/mol. The van der Waals surface area contributed by atoms with Crippen LogP contribution in [-0.4, -0.2) is 17.9 Å². The Morgan fingerprint density at radius 2 is 1.69 bits per heavy atom. The molecule has 4 fully saturated rings. The van der Waals surface area contributed by atoms with Gasteiger partial charge in [-0.2, -0.15) is 0 Å². The first-order valence-electron chi connectivity index (χ1n) is 11.7. The molecule has 0 N–H and O–H groups in total. The van der Waals surface area contributed by atoms with Crippen LogP contribution in [0.5, 0.6) is 0 Å². The van der Waals surface area contributed by atoms with Gasteiger partial charge in [0.15, 0.2) is 0 Å². The number of carbonyl (C=O) groups is 2. The molecule has 156 valence electrons. The Morgan fingerprint density at radius 3 is 2.48 bits per heavy atom. The molecule has 7 atom stereocenters. The van der Waals surface area contributed by atoms with Crippen molar-refractivity contribution < 1.29 is 14.3 Å². The lowest BCUT2D eigenvalue weighted by atomic mass is 9.45. The molecule has 1 aromatic carbocycles. The second-order valence-corrected chi connectivity index (χ2v) is 10.8. The van der Waals surface area contributed by atoms with E-state index in [1.165, 1.54) is 25.7 Å². The smallest absolute Gasteiger partial charge is 0.338 e. The van der Waals surface area contributed by atoms with Crippen molar-refractivity contribution in [3.8, 4) is 0 Å². The maximum Gasteiger partial charge on any atom is 0.338 e. The minimum atomic E-state index is -0.166. The van der Waals surface area contributed by atoms with E-state index in [4.69, 9.17) is 4.74 Å². The Morgan fingerprint density at radius 1 is 0.931 bits per heavy atom. The number of ether oxygens (including phenoxy) is 1. The van der Waals surface area contributed by atoms with Crippen molar-refractivity contribution >= 4 is 11.8 Å². The zero-order valence-corrected chi connectivity index (χ0v) is 17.9. The van der Waals surface area contributed by atoms with Crippen LogP contribution in [-0.2, 0) is 9.53 Å². The molecule has 4 saturated carbocycles. The highest BCUT2D eigenvalue weighted by Crippen LogP contribution is 2.66. The number of hydrogen-bond donors (Lipinski definition) is 0. The van der Waals surface area contributed by atoms with Gasteiger partial charge >= 0.3 is 5.97 Å². The molecule has 0 saturated heterocycles. The van der Waals surface area contributed by atoms with E-state index >= 15 is 0 Å². The molecular weight excluding hydrogens is 360 g/mol. The quantitative estimate of drug-likeness (QED) is 0.593. The number of fused-ring (bicyclic) bond motifs is 5. The van der Waals surface area contributed by atoms with Crippen molar-refractivity contribution in [1.82, 2.24) is 0 Å². The topological polar surface area (TPSA) is 43.4 Å². The minimum Gasteiger partial charge on any atom is -0.458 e. The fraction of sp³-hybridized carbons (Fsp3) is 0.692. The first kappa shape index (κ1) is 19.3. The summed E-state index contributed by atoms with van der Waals surface area (Å²) in [5, 5.41) is 0. The number of hydrogen-bond acceptors (Lipinski definition) is 3. The number of ketones is 1.